The molecule has 2 aromatic heterocycles. The summed E-state index contributed by atoms with van der Waals surface area (Å²) in [6.45, 7) is 6.13. The van der Waals surface area contributed by atoms with E-state index >= 15 is 0 Å². The summed E-state index contributed by atoms with van der Waals surface area (Å²) in [7, 11) is 0. The topological polar surface area (TPSA) is 72.3 Å². The number of pyridine rings is 2. The van der Waals surface area contributed by atoms with Crippen LogP contribution in [0.4, 0.5) is 0 Å². The van der Waals surface area contributed by atoms with E-state index in [1.807, 2.05) is 20.8 Å². The maximum atomic E-state index is 11.9. The summed E-state index contributed by atoms with van der Waals surface area (Å²) in [6, 6.07) is 1.69. The lowest BCUT2D eigenvalue weighted by atomic mass is 10.1. The van der Waals surface area contributed by atoms with Gasteiger partial charge in [0.15, 0.2) is 11.4 Å². The molecular formula is C15H18N2O3. The fourth-order valence-electron chi connectivity index (χ4n) is 2.05. The Balaban J connectivity index is 2.59. The summed E-state index contributed by atoms with van der Waals surface area (Å²) in [5, 5.41) is 10.7. The Morgan fingerprint density at radius 2 is 2.15 bits per heavy atom. The SMILES string of the molecule is CCCC(=O)c1cnc2nc(C)c(OCC)cc2c1O. The van der Waals surface area contributed by atoms with E-state index in [4.69, 9.17) is 4.74 Å². The fourth-order valence-corrected chi connectivity index (χ4v) is 2.05. The number of aromatic hydroxyl groups is 1. The second-order valence-electron chi connectivity index (χ2n) is 4.57. The predicted molar refractivity (Wildman–Crippen MR) is 76.3 cm³/mol. The van der Waals surface area contributed by atoms with Crippen LogP contribution in [0, 0.1) is 6.92 Å². The Bertz CT molecular complexity index is 653. The Hall–Kier alpha value is -2.17. The third-order valence-electron chi connectivity index (χ3n) is 3.05. The monoisotopic (exact) mass is 274 g/mol. The van der Waals surface area contributed by atoms with Crippen LogP contribution in [0.1, 0.15) is 42.7 Å². The van der Waals surface area contributed by atoms with Gasteiger partial charge in [-0.3, -0.25) is 4.79 Å². The molecule has 0 aliphatic heterocycles. The molecule has 0 spiro atoms. The summed E-state index contributed by atoms with van der Waals surface area (Å²) in [5.41, 5.74) is 1.36. The lowest BCUT2D eigenvalue weighted by Gasteiger charge is -2.10. The normalized spacial score (nSPS) is 10.8. The van der Waals surface area contributed by atoms with E-state index < -0.39 is 0 Å². The van der Waals surface area contributed by atoms with Crippen LogP contribution < -0.4 is 4.74 Å². The number of nitrogens with zero attached hydrogens (tertiary/aromatic N) is 2. The van der Waals surface area contributed by atoms with Gasteiger partial charge >= 0.3 is 0 Å². The number of fused-ring (bicyclic) bond motifs is 1. The zero-order valence-electron chi connectivity index (χ0n) is 11.9. The van der Waals surface area contributed by atoms with Crippen molar-refractivity contribution < 1.29 is 14.6 Å². The van der Waals surface area contributed by atoms with Crippen LogP contribution in [0.3, 0.4) is 0 Å². The van der Waals surface area contributed by atoms with E-state index in [0.29, 0.717) is 35.5 Å². The van der Waals surface area contributed by atoms with Crippen LogP contribution in [0.2, 0.25) is 0 Å². The maximum Gasteiger partial charge on any atom is 0.168 e. The van der Waals surface area contributed by atoms with Crippen molar-refractivity contribution in [3.63, 3.8) is 0 Å². The number of ether oxygens (including phenoxy) is 1. The summed E-state index contributed by atoms with van der Waals surface area (Å²) in [4.78, 5) is 20.4. The molecule has 0 radical (unpaired) electrons. The second-order valence-corrected chi connectivity index (χ2v) is 4.57. The van der Waals surface area contributed by atoms with Gasteiger partial charge in [0.1, 0.15) is 11.5 Å². The molecule has 2 heterocycles. The van der Waals surface area contributed by atoms with Gasteiger partial charge in [0.2, 0.25) is 0 Å². The Morgan fingerprint density at radius 3 is 2.80 bits per heavy atom. The van der Waals surface area contributed by atoms with E-state index in [1.54, 1.807) is 6.07 Å². The predicted octanol–water partition coefficient (Wildman–Crippen LogP) is 3.03. The minimum absolute atomic E-state index is 0.0677. The number of carbonyl (C=O) groups is 1. The second kappa shape index (κ2) is 5.86. The summed E-state index contributed by atoms with van der Waals surface area (Å²) in [6.07, 6.45) is 2.51. The molecule has 0 aliphatic rings. The first kappa shape index (κ1) is 14.2. The van der Waals surface area contributed by atoms with E-state index in [-0.39, 0.29) is 17.1 Å². The number of ketones is 1. The van der Waals surface area contributed by atoms with Crippen molar-refractivity contribution in [1.82, 2.24) is 9.97 Å². The van der Waals surface area contributed by atoms with Gasteiger partial charge in [0.05, 0.1) is 23.3 Å². The third kappa shape index (κ3) is 2.57. The fraction of sp³-hybridized carbons (Fsp3) is 0.400. The van der Waals surface area contributed by atoms with Crippen LogP contribution in [0.5, 0.6) is 11.5 Å². The molecule has 0 fully saturated rings. The molecule has 106 valence electrons. The molecule has 2 aromatic rings. The summed E-state index contributed by atoms with van der Waals surface area (Å²) >= 11 is 0. The standard InChI is InChI=1S/C15H18N2O3/c1-4-6-12(18)11-8-16-15-10(14(11)19)7-13(20-5-2)9(3)17-15/h7-8H,4-6H2,1-3H3,(H,16,17,19). The molecule has 0 amide bonds. The molecule has 1 N–H and O–H groups in total. The maximum absolute atomic E-state index is 11.9. The van der Waals surface area contributed by atoms with Crippen LogP contribution in [0.15, 0.2) is 12.3 Å². The third-order valence-corrected chi connectivity index (χ3v) is 3.05. The number of Topliss-reactive ketones (excluding diaryl/α,β-unsaturated/α-hetero) is 1. The van der Waals surface area contributed by atoms with Gasteiger partial charge in [-0.1, -0.05) is 6.92 Å². The number of hydrogen-bond donors (Lipinski definition) is 1. The Labute approximate surface area is 117 Å². The minimum Gasteiger partial charge on any atom is -0.506 e. The average Bonchev–Trinajstić information content (AvgIpc) is 2.41. The van der Waals surface area contributed by atoms with Crippen LogP contribution in [0.25, 0.3) is 11.0 Å². The Kier molecular flexibility index (Phi) is 4.17. The van der Waals surface area contributed by atoms with Crippen LogP contribution in [-0.4, -0.2) is 27.5 Å². The van der Waals surface area contributed by atoms with E-state index in [2.05, 4.69) is 9.97 Å². The lowest BCUT2D eigenvalue weighted by Crippen LogP contribution is -2.02. The van der Waals surface area contributed by atoms with Gasteiger partial charge in [-0.25, -0.2) is 9.97 Å². The first-order chi connectivity index (χ1) is 9.58. The largest absolute Gasteiger partial charge is 0.506 e. The molecule has 5 nitrogen and oxygen atoms in total. The Morgan fingerprint density at radius 1 is 1.40 bits per heavy atom. The van der Waals surface area contributed by atoms with Crippen LogP contribution in [-0.2, 0) is 0 Å². The van der Waals surface area contributed by atoms with E-state index in [0.717, 1.165) is 6.42 Å². The molecule has 0 saturated heterocycles. The zero-order valence-corrected chi connectivity index (χ0v) is 11.9. The van der Waals surface area contributed by atoms with Gasteiger partial charge < -0.3 is 9.84 Å². The van der Waals surface area contributed by atoms with Crippen molar-refractivity contribution in [2.75, 3.05) is 6.61 Å². The molecule has 0 aromatic carbocycles. The molecule has 5 heteroatoms. The number of aryl methyl sites for hydroxylation is 1. The van der Waals surface area contributed by atoms with Gasteiger partial charge in [-0.15, -0.1) is 0 Å². The number of hydrogen-bond acceptors (Lipinski definition) is 5. The highest BCUT2D eigenvalue weighted by Gasteiger charge is 2.16. The quantitative estimate of drug-likeness (QED) is 0.848. The van der Waals surface area contributed by atoms with Crippen molar-refractivity contribution in [1.29, 1.82) is 0 Å². The van der Waals surface area contributed by atoms with E-state index in [1.165, 1.54) is 6.20 Å². The number of carbonyl (C=O) groups excluding carboxylic acids is 1. The van der Waals surface area contributed by atoms with Crippen molar-refractivity contribution in [2.45, 2.75) is 33.6 Å². The highest BCUT2D eigenvalue weighted by atomic mass is 16.5. The van der Waals surface area contributed by atoms with Crippen molar-refractivity contribution in [2.24, 2.45) is 0 Å². The van der Waals surface area contributed by atoms with E-state index in [9.17, 15) is 9.90 Å². The average molecular weight is 274 g/mol. The van der Waals surface area contributed by atoms with Crippen molar-refractivity contribution >= 4 is 16.8 Å². The van der Waals surface area contributed by atoms with Gasteiger partial charge in [-0.05, 0) is 26.3 Å². The molecular weight excluding hydrogens is 256 g/mol. The first-order valence-electron chi connectivity index (χ1n) is 6.73. The molecule has 0 bridgehead atoms. The first-order valence-corrected chi connectivity index (χ1v) is 6.73. The smallest absolute Gasteiger partial charge is 0.168 e. The highest BCUT2D eigenvalue weighted by Crippen LogP contribution is 2.31. The zero-order chi connectivity index (χ0) is 14.7. The van der Waals surface area contributed by atoms with Crippen LogP contribution >= 0.6 is 0 Å². The van der Waals surface area contributed by atoms with Gasteiger partial charge in [0, 0.05) is 12.6 Å². The van der Waals surface area contributed by atoms with Gasteiger partial charge in [-0.2, -0.15) is 0 Å². The molecule has 0 saturated carbocycles. The molecule has 0 aliphatic carbocycles. The number of rotatable bonds is 5. The molecule has 0 atom stereocenters. The van der Waals surface area contributed by atoms with Crippen molar-refractivity contribution in [3.8, 4) is 11.5 Å². The lowest BCUT2D eigenvalue weighted by molar-refractivity contribution is 0.0979. The van der Waals surface area contributed by atoms with Gasteiger partial charge in [0.25, 0.3) is 0 Å². The summed E-state index contributed by atoms with van der Waals surface area (Å²) in [5.74, 6) is 0.414. The van der Waals surface area contributed by atoms with Crippen molar-refractivity contribution in [3.05, 3.63) is 23.5 Å². The molecule has 0 unspecified atom stereocenters. The minimum atomic E-state index is -0.113. The highest BCUT2D eigenvalue weighted by molar-refractivity contribution is 6.03. The molecule has 2 rings (SSSR count). The number of aromatic nitrogens is 2. The summed E-state index contributed by atoms with van der Waals surface area (Å²) < 4.78 is 5.46. The molecule has 20 heavy (non-hydrogen) atoms.